The minimum atomic E-state index is -0.775. The molecule has 0 atom stereocenters. The number of carboxylic acids is 1. The molecule has 2 rings (SSSR count). The fourth-order valence-electron chi connectivity index (χ4n) is 1.47. The van der Waals surface area contributed by atoms with E-state index < -0.39 is 5.97 Å². The third kappa shape index (κ3) is 2.48. The van der Waals surface area contributed by atoms with Crippen molar-refractivity contribution >= 4 is 28.6 Å². The Bertz CT molecular complexity index is 488. The van der Waals surface area contributed by atoms with Gasteiger partial charge in [-0.15, -0.1) is 22.7 Å². The molecule has 2 aromatic heterocycles. The molecule has 84 valence electrons. The summed E-state index contributed by atoms with van der Waals surface area (Å²) in [6.45, 7) is 1.95. The predicted molar refractivity (Wildman–Crippen MR) is 66.1 cm³/mol. The van der Waals surface area contributed by atoms with Gasteiger partial charge >= 0.3 is 5.97 Å². The molecule has 2 heterocycles. The summed E-state index contributed by atoms with van der Waals surface area (Å²) >= 11 is 3.29. The third-order valence-electron chi connectivity index (χ3n) is 2.12. The van der Waals surface area contributed by atoms with Crippen molar-refractivity contribution in [3.63, 3.8) is 0 Å². The number of carboxylic acid groups (broad SMARTS) is 1. The molecule has 0 amide bonds. The van der Waals surface area contributed by atoms with Gasteiger partial charge in [-0.2, -0.15) is 0 Å². The van der Waals surface area contributed by atoms with Crippen molar-refractivity contribution in [1.29, 1.82) is 0 Å². The largest absolute Gasteiger partial charge is 0.481 e. The third-order valence-corrected chi connectivity index (χ3v) is 4.19. The second-order valence-corrected chi connectivity index (χ2v) is 5.53. The van der Waals surface area contributed by atoms with Gasteiger partial charge in [0, 0.05) is 11.3 Å². The summed E-state index contributed by atoms with van der Waals surface area (Å²) in [5.74, 6) is -0.775. The average molecular weight is 253 g/mol. The van der Waals surface area contributed by atoms with Gasteiger partial charge in [-0.3, -0.25) is 4.79 Å². The van der Waals surface area contributed by atoms with E-state index in [1.165, 1.54) is 4.88 Å². The van der Waals surface area contributed by atoms with Gasteiger partial charge in [0.2, 0.25) is 0 Å². The molecule has 5 heteroatoms. The number of rotatable bonds is 4. The molecule has 2 aromatic rings. The van der Waals surface area contributed by atoms with Gasteiger partial charge in [0.25, 0.3) is 0 Å². The number of thiazole rings is 1. The minimum absolute atomic E-state index is 0.140. The van der Waals surface area contributed by atoms with Crippen molar-refractivity contribution in [1.82, 2.24) is 4.98 Å². The number of carbonyl (C=O) groups is 1. The van der Waals surface area contributed by atoms with Crippen LogP contribution < -0.4 is 0 Å². The summed E-state index contributed by atoms with van der Waals surface area (Å²) < 4.78 is 0. The molecule has 0 saturated carbocycles. The lowest BCUT2D eigenvalue weighted by molar-refractivity contribution is -0.136. The number of hydrogen-bond donors (Lipinski definition) is 1. The van der Waals surface area contributed by atoms with Crippen molar-refractivity contribution in [3.05, 3.63) is 28.2 Å². The van der Waals surface area contributed by atoms with Gasteiger partial charge in [-0.1, -0.05) is 6.07 Å². The zero-order valence-electron chi connectivity index (χ0n) is 8.77. The molecule has 0 aromatic carbocycles. The molecule has 0 radical (unpaired) electrons. The van der Waals surface area contributed by atoms with E-state index in [1.807, 2.05) is 24.4 Å². The van der Waals surface area contributed by atoms with E-state index in [4.69, 9.17) is 5.11 Å². The smallest absolute Gasteiger partial charge is 0.303 e. The number of hydrogen-bond acceptors (Lipinski definition) is 4. The SMILES string of the molecule is Cc1nc(CCC(=O)O)c(-c2cccs2)s1. The molecule has 0 fully saturated rings. The number of aliphatic carboxylic acids is 1. The van der Waals surface area contributed by atoms with Crippen LogP contribution in [-0.2, 0) is 11.2 Å². The Morgan fingerprint density at radius 3 is 3.00 bits per heavy atom. The highest BCUT2D eigenvalue weighted by molar-refractivity contribution is 7.21. The zero-order chi connectivity index (χ0) is 11.5. The van der Waals surface area contributed by atoms with Crippen LogP contribution in [0.5, 0.6) is 0 Å². The van der Waals surface area contributed by atoms with Gasteiger partial charge in [-0.25, -0.2) is 4.98 Å². The molecular formula is C11H11NO2S2. The second kappa shape index (κ2) is 4.76. The van der Waals surface area contributed by atoms with Crippen LogP contribution in [0.1, 0.15) is 17.1 Å². The Hall–Kier alpha value is -1.20. The molecule has 0 aliphatic carbocycles. The van der Waals surface area contributed by atoms with Crippen molar-refractivity contribution < 1.29 is 9.90 Å². The van der Waals surface area contributed by atoms with Crippen molar-refractivity contribution in [2.45, 2.75) is 19.8 Å². The van der Waals surface area contributed by atoms with Crippen LogP contribution >= 0.6 is 22.7 Å². The zero-order valence-corrected chi connectivity index (χ0v) is 10.4. The molecule has 0 unspecified atom stereocenters. The molecule has 3 nitrogen and oxygen atoms in total. The van der Waals surface area contributed by atoms with Gasteiger partial charge in [-0.05, 0) is 18.4 Å². The normalized spacial score (nSPS) is 10.6. The summed E-state index contributed by atoms with van der Waals surface area (Å²) in [5, 5.41) is 11.7. The Labute approximate surface area is 101 Å². The Kier molecular flexibility index (Phi) is 3.36. The number of thiophene rings is 1. The monoisotopic (exact) mass is 253 g/mol. The molecule has 0 spiro atoms. The second-order valence-electron chi connectivity index (χ2n) is 3.38. The first kappa shape index (κ1) is 11.3. The van der Waals surface area contributed by atoms with E-state index in [9.17, 15) is 4.79 Å². The van der Waals surface area contributed by atoms with Crippen LogP contribution in [0.25, 0.3) is 9.75 Å². The fourth-order valence-corrected chi connectivity index (χ4v) is 3.31. The lowest BCUT2D eigenvalue weighted by Crippen LogP contribution is -1.98. The quantitative estimate of drug-likeness (QED) is 0.910. The summed E-state index contributed by atoms with van der Waals surface area (Å²) in [4.78, 5) is 17.2. The molecule has 1 N–H and O–H groups in total. The van der Waals surface area contributed by atoms with Crippen molar-refractivity contribution in [2.24, 2.45) is 0 Å². The summed E-state index contributed by atoms with van der Waals surface area (Å²) in [5.41, 5.74) is 0.910. The van der Waals surface area contributed by atoms with Crippen LogP contribution in [0.15, 0.2) is 17.5 Å². The van der Waals surface area contributed by atoms with E-state index >= 15 is 0 Å². The van der Waals surface area contributed by atoms with Crippen LogP contribution in [0.2, 0.25) is 0 Å². The first-order valence-corrected chi connectivity index (χ1v) is 6.58. The van der Waals surface area contributed by atoms with E-state index in [2.05, 4.69) is 4.98 Å². The molecule has 0 bridgehead atoms. The topological polar surface area (TPSA) is 50.2 Å². The standard InChI is InChI=1S/C11H11NO2S2/c1-7-12-8(4-5-10(13)14)11(16-7)9-3-2-6-15-9/h2-3,6H,4-5H2,1H3,(H,13,14). The lowest BCUT2D eigenvalue weighted by atomic mass is 10.2. The van der Waals surface area contributed by atoms with Gasteiger partial charge in [0.15, 0.2) is 0 Å². The number of aromatic nitrogens is 1. The minimum Gasteiger partial charge on any atom is -0.481 e. The van der Waals surface area contributed by atoms with Crippen LogP contribution in [-0.4, -0.2) is 16.1 Å². The maximum atomic E-state index is 10.6. The number of aryl methyl sites for hydroxylation is 2. The van der Waals surface area contributed by atoms with Crippen molar-refractivity contribution in [3.8, 4) is 9.75 Å². The summed E-state index contributed by atoms with van der Waals surface area (Å²) in [6, 6.07) is 4.04. The maximum absolute atomic E-state index is 10.6. The van der Waals surface area contributed by atoms with Crippen molar-refractivity contribution in [2.75, 3.05) is 0 Å². The van der Waals surface area contributed by atoms with Gasteiger partial charge < -0.3 is 5.11 Å². The maximum Gasteiger partial charge on any atom is 0.303 e. The lowest BCUT2D eigenvalue weighted by Gasteiger charge is -1.97. The molecule has 16 heavy (non-hydrogen) atoms. The number of nitrogens with zero attached hydrogens (tertiary/aromatic N) is 1. The molecule has 0 saturated heterocycles. The van der Waals surface area contributed by atoms with Gasteiger partial charge in [0.05, 0.1) is 22.0 Å². The highest BCUT2D eigenvalue weighted by Gasteiger charge is 2.12. The van der Waals surface area contributed by atoms with E-state index in [0.29, 0.717) is 6.42 Å². The summed E-state index contributed by atoms with van der Waals surface area (Å²) in [6.07, 6.45) is 0.647. The Morgan fingerprint density at radius 1 is 1.56 bits per heavy atom. The molecule has 0 aliphatic heterocycles. The van der Waals surface area contributed by atoms with Crippen LogP contribution in [0, 0.1) is 6.92 Å². The average Bonchev–Trinajstić information content (AvgIpc) is 2.82. The predicted octanol–water partition coefficient (Wildman–Crippen LogP) is 3.20. The van der Waals surface area contributed by atoms with E-state index in [-0.39, 0.29) is 6.42 Å². The summed E-state index contributed by atoms with van der Waals surface area (Å²) in [7, 11) is 0. The highest BCUT2D eigenvalue weighted by atomic mass is 32.1. The van der Waals surface area contributed by atoms with Crippen LogP contribution in [0.3, 0.4) is 0 Å². The van der Waals surface area contributed by atoms with Crippen LogP contribution in [0.4, 0.5) is 0 Å². The molecule has 0 aliphatic rings. The fraction of sp³-hybridized carbons (Fsp3) is 0.273. The first-order valence-electron chi connectivity index (χ1n) is 4.89. The Morgan fingerprint density at radius 2 is 2.38 bits per heavy atom. The van der Waals surface area contributed by atoms with E-state index in [0.717, 1.165) is 15.6 Å². The Balaban J connectivity index is 2.27. The first-order chi connectivity index (χ1) is 7.66. The van der Waals surface area contributed by atoms with E-state index in [1.54, 1.807) is 22.7 Å². The highest BCUT2D eigenvalue weighted by Crippen LogP contribution is 2.33. The molecular weight excluding hydrogens is 242 g/mol. The van der Waals surface area contributed by atoms with Gasteiger partial charge in [0.1, 0.15) is 0 Å².